The molecule has 0 atom stereocenters. The van der Waals surface area contributed by atoms with E-state index in [2.05, 4.69) is 15.4 Å². The van der Waals surface area contributed by atoms with Crippen LogP contribution in [0.2, 0.25) is 0 Å². The molecular formula is C17H16N4O2. The Morgan fingerprint density at radius 1 is 1.39 bits per heavy atom. The maximum Gasteiger partial charge on any atom is 0.251 e. The van der Waals surface area contributed by atoms with Crippen molar-refractivity contribution >= 4 is 11.6 Å². The summed E-state index contributed by atoms with van der Waals surface area (Å²) in [5.41, 5.74) is 3.40. The maximum atomic E-state index is 12.4. The SMILES string of the molecule is O=C(NCc1cnn2cccnc12)c1ccc2c(c1)CCCO2. The standard InChI is InChI=1S/C17H16N4O2/c22-17(13-4-5-15-12(9-13)3-1-8-23-15)19-10-14-11-20-21-7-2-6-18-16(14)21/h2,4-7,9,11H,1,3,8,10H2,(H,19,22). The second-order valence-electron chi connectivity index (χ2n) is 5.51. The Kier molecular flexibility index (Phi) is 3.42. The number of hydrogen-bond acceptors (Lipinski definition) is 4. The first-order valence-electron chi connectivity index (χ1n) is 7.62. The monoisotopic (exact) mass is 308 g/mol. The Labute approximate surface area is 133 Å². The van der Waals surface area contributed by atoms with Gasteiger partial charge < -0.3 is 10.1 Å². The molecule has 116 valence electrons. The van der Waals surface area contributed by atoms with Gasteiger partial charge in [-0.3, -0.25) is 4.79 Å². The zero-order valence-corrected chi connectivity index (χ0v) is 12.5. The van der Waals surface area contributed by atoms with Crippen LogP contribution in [-0.4, -0.2) is 27.1 Å². The van der Waals surface area contributed by atoms with Gasteiger partial charge in [-0.25, -0.2) is 9.50 Å². The van der Waals surface area contributed by atoms with Crippen molar-refractivity contribution in [2.24, 2.45) is 0 Å². The van der Waals surface area contributed by atoms with E-state index in [0.717, 1.165) is 42.0 Å². The largest absolute Gasteiger partial charge is 0.493 e. The topological polar surface area (TPSA) is 68.5 Å². The molecule has 2 aromatic heterocycles. The highest BCUT2D eigenvalue weighted by atomic mass is 16.5. The molecule has 0 saturated heterocycles. The third-order valence-corrected chi connectivity index (χ3v) is 3.96. The fraction of sp³-hybridized carbons (Fsp3) is 0.235. The number of aromatic nitrogens is 3. The van der Waals surface area contributed by atoms with Gasteiger partial charge in [0.15, 0.2) is 5.65 Å². The van der Waals surface area contributed by atoms with Gasteiger partial charge in [-0.2, -0.15) is 5.10 Å². The van der Waals surface area contributed by atoms with Crippen LogP contribution in [0.3, 0.4) is 0 Å². The molecule has 0 saturated carbocycles. The number of fused-ring (bicyclic) bond motifs is 2. The van der Waals surface area contributed by atoms with Crippen molar-refractivity contribution in [1.82, 2.24) is 19.9 Å². The molecule has 0 spiro atoms. The number of ether oxygens (including phenoxy) is 1. The number of amides is 1. The molecule has 1 aliphatic heterocycles. The highest BCUT2D eigenvalue weighted by Crippen LogP contribution is 2.25. The maximum absolute atomic E-state index is 12.4. The summed E-state index contributed by atoms with van der Waals surface area (Å²) in [6.45, 7) is 1.15. The molecule has 1 aliphatic rings. The van der Waals surface area contributed by atoms with Crippen molar-refractivity contribution in [3.05, 3.63) is 59.5 Å². The Balaban J connectivity index is 1.50. The van der Waals surface area contributed by atoms with E-state index in [-0.39, 0.29) is 5.91 Å². The van der Waals surface area contributed by atoms with E-state index in [1.54, 1.807) is 23.0 Å². The third kappa shape index (κ3) is 2.63. The van der Waals surface area contributed by atoms with Gasteiger partial charge in [-0.1, -0.05) is 0 Å². The Morgan fingerprint density at radius 3 is 3.30 bits per heavy atom. The molecule has 23 heavy (non-hydrogen) atoms. The summed E-state index contributed by atoms with van der Waals surface area (Å²) in [6.07, 6.45) is 7.22. The van der Waals surface area contributed by atoms with Crippen LogP contribution in [0.15, 0.2) is 42.9 Å². The zero-order valence-electron chi connectivity index (χ0n) is 12.5. The summed E-state index contributed by atoms with van der Waals surface area (Å²) in [6, 6.07) is 7.41. The first-order valence-corrected chi connectivity index (χ1v) is 7.62. The number of hydrogen-bond donors (Lipinski definition) is 1. The lowest BCUT2D eigenvalue weighted by molar-refractivity contribution is 0.0951. The highest BCUT2D eigenvalue weighted by molar-refractivity contribution is 5.94. The normalized spacial score (nSPS) is 13.4. The van der Waals surface area contributed by atoms with Crippen molar-refractivity contribution in [1.29, 1.82) is 0 Å². The van der Waals surface area contributed by atoms with Gasteiger partial charge in [0.1, 0.15) is 5.75 Å². The second kappa shape index (κ2) is 5.72. The average molecular weight is 308 g/mol. The molecule has 0 radical (unpaired) electrons. The summed E-state index contributed by atoms with van der Waals surface area (Å²) in [5.74, 6) is 0.785. The fourth-order valence-corrected chi connectivity index (χ4v) is 2.78. The van der Waals surface area contributed by atoms with Crippen LogP contribution < -0.4 is 10.1 Å². The number of nitrogens with zero attached hydrogens (tertiary/aromatic N) is 3. The smallest absolute Gasteiger partial charge is 0.251 e. The van der Waals surface area contributed by atoms with Crippen molar-refractivity contribution in [2.75, 3.05) is 6.61 Å². The van der Waals surface area contributed by atoms with Crippen molar-refractivity contribution in [3.63, 3.8) is 0 Å². The molecule has 6 heteroatoms. The van der Waals surface area contributed by atoms with Crippen LogP contribution in [-0.2, 0) is 13.0 Å². The van der Waals surface area contributed by atoms with E-state index in [1.165, 1.54) is 0 Å². The minimum Gasteiger partial charge on any atom is -0.493 e. The van der Waals surface area contributed by atoms with Crippen LogP contribution >= 0.6 is 0 Å². The van der Waals surface area contributed by atoms with Crippen LogP contribution in [0.5, 0.6) is 5.75 Å². The lowest BCUT2D eigenvalue weighted by Crippen LogP contribution is -2.23. The second-order valence-corrected chi connectivity index (χ2v) is 5.51. The van der Waals surface area contributed by atoms with E-state index in [1.807, 2.05) is 24.4 Å². The number of rotatable bonds is 3. The third-order valence-electron chi connectivity index (χ3n) is 3.96. The lowest BCUT2D eigenvalue weighted by atomic mass is 10.0. The van der Waals surface area contributed by atoms with E-state index >= 15 is 0 Å². The minimum atomic E-state index is -0.103. The fourth-order valence-electron chi connectivity index (χ4n) is 2.78. The van der Waals surface area contributed by atoms with E-state index < -0.39 is 0 Å². The molecule has 0 bridgehead atoms. The van der Waals surface area contributed by atoms with Gasteiger partial charge >= 0.3 is 0 Å². The zero-order chi connectivity index (χ0) is 15.6. The van der Waals surface area contributed by atoms with Gasteiger partial charge in [0.2, 0.25) is 0 Å². The van der Waals surface area contributed by atoms with E-state index in [0.29, 0.717) is 12.1 Å². The summed E-state index contributed by atoms with van der Waals surface area (Å²) < 4.78 is 7.27. The average Bonchev–Trinajstić information content (AvgIpc) is 3.02. The van der Waals surface area contributed by atoms with Crippen LogP contribution in [0.4, 0.5) is 0 Å². The predicted molar refractivity (Wildman–Crippen MR) is 84.4 cm³/mol. The Morgan fingerprint density at radius 2 is 2.35 bits per heavy atom. The molecule has 1 N–H and O–H groups in total. The Hall–Kier alpha value is -2.89. The summed E-state index contributed by atoms with van der Waals surface area (Å²) >= 11 is 0. The lowest BCUT2D eigenvalue weighted by Gasteiger charge is -2.17. The molecular weight excluding hydrogens is 292 g/mol. The molecule has 1 amide bonds. The summed E-state index contributed by atoms with van der Waals surface area (Å²) in [7, 11) is 0. The van der Waals surface area contributed by atoms with Crippen LogP contribution in [0.25, 0.3) is 5.65 Å². The molecule has 3 heterocycles. The Bertz CT molecular complexity index is 872. The molecule has 0 unspecified atom stereocenters. The van der Waals surface area contributed by atoms with Crippen LogP contribution in [0.1, 0.15) is 27.9 Å². The van der Waals surface area contributed by atoms with Gasteiger partial charge in [0.05, 0.1) is 12.8 Å². The van der Waals surface area contributed by atoms with Crippen LogP contribution in [0, 0.1) is 0 Å². The quantitative estimate of drug-likeness (QED) is 0.803. The van der Waals surface area contributed by atoms with Gasteiger partial charge in [-0.15, -0.1) is 0 Å². The predicted octanol–water partition coefficient (Wildman–Crippen LogP) is 1.98. The molecule has 6 nitrogen and oxygen atoms in total. The van der Waals surface area contributed by atoms with Crippen molar-refractivity contribution in [2.45, 2.75) is 19.4 Å². The molecule has 0 fully saturated rings. The molecule has 1 aromatic carbocycles. The number of nitrogens with one attached hydrogen (secondary N) is 1. The number of aryl methyl sites for hydroxylation is 1. The van der Waals surface area contributed by atoms with E-state index in [4.69, 9.17) is 4.74 Å². The number of benzene rings is 1. The molecule has 0 aliphatic carbocycles. The van der Waals surface area contributed by atoms with Gasteiger partial charge in [0, 0.05) is 30.1 Å². The summed E-state index contributed by atoms with van der Waals surface area (Å²) in [5, 5.41) is 7.14. The summed E-state index contributed by atoms with van der Waals surface area (Å²) in [4.78, 5) is 16.6. The van der Waals surface area contributed by atoms with E-state index in [9.17, 15) is 4.79 Å². The number of carbonyl (C=O) groups excluding carboxylic acids is 1. The first-order chi connectivity index (χ1) is 11.3. The highest BCUT2D eigenvalue weighted by Gasteiger charge is 2.14. The minimum absolute atomic E-state index is 0.103. The molecule has 4 rings (SSSR count). The van der Waals surface area contributed by atoms with Gasteiger partial charge in [-0.05, 0) is 42.7 Å². The van der Waals surface area contributed by atoms with Crippen molar-refractivity contribution < 1.29 is 9.53 Å². The number of carbonyl (C=O) groups is 1. The van der Waals surface area contributed by atoms with Crippen molar-refractivity contribution in [3.8, 4) is 5.75 Å². The molecule has 3 aromatic rings. The van der Waals surface area contributed by atoms with Gasteiger partial charge in [0.25, 0.3) is 5.91 Å². The first kappa shape index (κ1) is 13.8.